The van der Waals surface area contributed by atoms with Crippen molar-refractivity contribution in [3.8, 4) is 5.75 Å². The molecule has 1 aromatic carbocycles. The average Bonchev–Trinajstić information content (AvgIpc) is 2.85. The normalized spacial score (nSPS) is 17.0. The van der Waals surface area contributed by atoms with Crippen molar-refractivity contribution in [2.75, 3.05) is 13.7 Å². The number of carbonyl (C=O) groups is 1. The molecule has 0 saturated carbocycles. The van der Waals surface area contributed by atoms with Gasteiger partial charge in [0.15, 0.2) is 16.6 Å². The molecule has 6 nitrogen and oxygen atoms in total. The van der Waals surface area contributed by atoms with Gasteiger partial charge in [0.1, 0.15) is 5.75 Å². The highest BCUT2D eigenvalue weighted by Crippen LogP contribution is 2.41. The molecule has 0 unspecified atom stereocenters. The molecule has 0 fully saturated rings. The Labute approximate surface area is 260 Å². The van der Waals surface area contributed by atoms with Gasteiger partial charge in [0.25, 0.3) is 0 Å². The molecule has 0 saturated heterocycles. The van der Waals surface area contributed by atoms with Gasteiger partial charge in [-0.05, 0) is 74.2 Å². The van der Waals surface area contributed by atoms with Gasteiger partial charge in [-0.1, -0.05) is 73.6 Å². The van der Waals surface area contributed by atoms with Gasteiger partial charge in [-0.2, -0.15) is 0 Å². The maximum absolute atomic E-state index is 12.2. The molecular formula is C34H62O6Si2. The first-order valence-electron chi connectivity index (χ1n) is 15.6. The van der Waals surface area contributed by atoms with Crippen molar-refractivity contribution in [1.29, 1.82) is 0 Å². The van der Waals surface area contributed by atoms with Crippen molar-refractivity contribution in [3.63, 3.8) is 0 Å². The maximum atomic E-state index is 12.2. The standard InChI is InChI=1S/C34H62O6Si2/c1-16-37-31(35)22-17-25(2)32(38-24-28-18-20-29(36-11)21-19-28)27(4)30(40-42(14,15)34(8,9)10)23-26(3)39-41(12,13)33(5,6)7/h17-22,25-27,30,32H,16,23-24H2,1-15H3/b22-17-/t25-,26+,27-,30-,32-/m0/s1. The van der Waals surface area contributed by atoms with Gasteiger partial charge in [-0.25, -0.2) is 4.79 Å². The van der Waals surface area contributed by atoms with Gasteiger partial charge in [0.05, 0.1) is 32.5 Å². The lowest BCUT2D eigenvalue weighted by atomic mass is 9.86. The molecule has 0 aromatic heterocycles. The fourth-order valence-electron chi connectivity index (χ4n) is 4.42. The Kier molecular flexibility index (Phi) is 14.7. The van der Waals surface area contributed by atoms with E-state index in [1.54, 1.807) is 7.11 Å². The minimum atomic E-state index is -2.12. The third-order valence-electron chi connectivity index (χ3n) is 9.17. The van der Waals surface area contributed by atoms with Gasteiger partial charge in [-0.3, -0.25) is 0 Å². The maximum Gasteiger partial charge on any atom is 0.330 e. The van der Waals surface area contributed by atoms with Crippen molar-refractivity contribution in [3.05, 3.63) is 42.0 Å². The Morgan fingerprint density at radius 3 is 1.88 bits per heavy atom. The van der Waals surface area contributed by atoms with Crippen LogP contribution in [0.1, 0.15) is 81.2 Å². The molecule has 1 aromatic rings. The predicted octanol–water partition coefficient (Wildman–Crippen LogP) is 9.16. The molecule has 5 atom stereocenters. The monoisotopic (exact) mass is 622 g/mol. The number of benzene rings is 1. The smallest absolute Gasteiger partial charge is 0.330 e. The summed E-state index contributed by atoms with van der Waals surface area (Å²) in [6.45, 7) is 32.0. The molecule has 0 N–H and O–H groups in total. The number of carbonyl (C=O) groups excluding carboxylic acids is 1. The average molecular weight is 623 g/mol. The summed E-state index contributed by atoms with van der Waals surface area (Å²) in [6, 6.07) is 7.95. The number of rotatable bonds is 16. The largest absolute Gasteiger partial charge is 0.497 e. The summed E-state index contributed by atoms with van der Waals surface area (Å²) in [7, 11) is -2.42. The first-order valence-corrected chi connectivity index (χ1v) is 21.4. The number of hydrogen-bond acceptors (Lipinski definition) is 6. The topological polar surface area (TPSA) is 63.2 Å². The predicted molar refractivity (Wildman–Crippen MR) is 180 cm³/mol. The van der Waals surface area contributed by atoms with E-state index < -0.39 is 16.6 Å². The van der Waals surface area contributed by atoms with E-state index in [1.165, 1.54) is 6.08 Å². The fraction of sp³-hybridized carbons (Fsp3) is 0.735. The summed E-state index contributed by atoms with van der Waals surface area (Å²) in [4.78, 5) is 12.2. The van der Waals surface area contributed by atoms with Crippen LogP contribution in [0.5, 0.6) is 5.75 Å². The molecule has 0 aliphatic heterocycles. The molecule has 242 valence electrons. The van der Waals surface area contributed by atoms with Crippen LogP contribution in [0.25, 0.3) is 0 Å². The zero-order valence-electron chi connectivity index (χ0n) is 29.4. The lowest BCUT2D eigenvalue weighted by Gasteiger charge is -2.45. The first-order chi connectivity index (χ1) is 19.1. The molecule has 0 spiro atoms. The Morgan fingerprint density at radius 2 is 1.40 bits per heavy atom. The van der Waals surface area contributed by atoms with E-state index in [1.807, 2.05) is 37.3 Å². The van der Waals surface area contributed by atoms with E-state index in [4.69, 9.17) is 23.1 Å². The minimum absolute atomic E-state index is 0.0321. The van der Waals surface area contributed by atoms with Crippen LogP contribution in [0.3, 0.4) is 0 Å². The molecule has 0 amide bonds. The number of hydrogen-bond donors (Lipinski definition) is 0. The molecule has 42 heavy (non-hydrogen) atoms. The summed E-state index contributed by atoms with van der Waals surface area (Å²) in [5.74, 6) is 0.457. The minimum Gasteiger partial charge on any atom is -0.497 e. The zero-order chi connectivity index (χ0) is 32.5. The van der Waals surface area contributed by atoms with Gasteiger partial charge < -0.3 is 23.1 Å². The molecule has 1 rings (SSSR count). The van der Waals surface area contributed by atoms with Crippen LogP contribution in [0, 0.1) is 11.8 Å². The number of methoxy groups -OCH3 is 1. The third kappa shape index (κ3) is 11.9. The summed E-state index contributed by atoms with van der Waals surface area (Å²) in [5.41, 5.74) is 1.06. The van der Waals surface area contributed by atoms with E-state index in [0.29, 0.717) is 13.2 Å². The summed E-state index contributed by atoms with van der Waals surface area (Å²) >= 11 is 0. The van der Waals surface area contributed by atoms with Gasteiger partial charge >= 0.3 is 5.97 Å². The van der Waals surface area contributed by atoms with Crippen LogP contribution < -0.4 is 4.74 Å². The summed E-state index contributed by atoms with van der Waals surface area (Å²) in [6.07, 6.45) is 3.97. The fourth-order valence-corrected chi connectivity index (χ4v) is 7.30. The second-order valence-electron chi connectivity index (χ2n) is 14.8. The highest BCUT2D eigenvalue weighted by Gasteiger charge is 2.44. The quantitative estimate of drug-likeness (QED) is 0.104. The van der Waals surface area contributed by atoms with E-state index in [9.17, 15) is 4.79 Å². The Hall–Kier alpha value is -1.46. The van der Waals surface area contributed by atoms with Crippen molar-refractivity contribution in [2.45, 2.75) is 137 Å². The Morgan fingerprint density at radius 1 is 0.881 bits per heavy atom. The first kappa shape index (κ1) is 38.6. The number of esters is 1. The van der Waals surface area contributed by atoms with Crippen molar-refractivity contribution >= 4 is 22.6 Å². The third-order valence-corrected chi connectivity index (χ3v) is 18.3. The van der Waals surface area contributed by atoms with E-state index >= 15 is 0 Å². The SMILES string of the molecule is CCOC(=O)/C=C\[C@H](C)[C@H](OCc1ccc(OC)cc1)[C@@H](C)[C@H](C[C@@H](C)O[Si](C)(C)C(C)(C)C)O[Si](C)(C)C(C)(C)C. The highest BCUT2D eigenvalue weighted by molar-refractivity contribution is 6.74. The van der Waals surface area contributed by atoms with Gasteiger partial charge in [0, 0.05) is 24.0 Å². The van der Waals surface area contributed by atoms with Crippen molar-refractivity contribution in [2.24, 2.45) is 11.8 Å². The molecule has 0 aliphatic carbocycles. The molecule has 8 heteroatoms. The second kappa shape index (κ2) is 16.0. The lowest BCUT2D eigenvalue weighted by Crippen LogP contribution is -2.50. The molecule has 0 heterocycles. The van der Waals surface area contributed by atoms with Gasteiger partial charge in [0.2, 0.25) is 0 Å². The van der Waals surface area contributed by atoms with E-state index in [2.05, 4.69) is 88.5 Å². The second-order valence-corrected chi connectivity index (χ2v) is 24.3. The van der Waals surface area contributed by atoms with Crippen molar-refractivity contribution < 1.29 is 27.9 Å². The van der Waals surface area contributed by atoms with Crippen LogP contribution in [-0.4, -0.2) is 54.6 Å². The molecule has 0 bridgehead atoms. The highest BCUT2D eigenvalue weighted by atomic mass is 28.4. The molecular weight excluding hydrogens is 561 g/mol. The van der Waals surface area contributed by atoms with Crippen LogP contribution in [0.2, 0.25) is 36.3 Å². The van der Waals surface area contributed by atoms with Crippen LogP contribution in [0.15, 0.2) is 36.4 Å². The van der Waals surface area contributed by atoms with Gasteiger partial charge in [-0.15, -0.1) is 0 Å². The lowest BCUT2D eigenvalue weighted by molar-refractivity contribution is -0.137. The van der Waals surface area contributed by atoms with Crippen LogP contribution in [0.4, 0.5) is 0 Å². The van der Waals surface area contributed by atoms with E-state index in [0.717, 1.165) is 17.7 Å². The van der Waals surface area contributed by atoms with E-state index in [-0.39, 0.29) is 46.2 Å². The molecule has 0 radical (unpaired) electrons. The number of ether oxygens (including phenoxy) is 3. The summed E-state index contributed by atoms with van der Waals surface area (Å²) in [5, 5.41) is 0.183. The zero-order valence-corrected chi connectivity index (χ0v) is 31.4. The van der Waals surface area contributed by atoms with Crippen molar-refractivity contribution in [1.82, 2.24) is 0 Å². The Bertz CT molecular complexity index is 975. The van der Waals surface area contributed by atoms with Crippen LogP contribution in [-0.2, 0) is 29.7 Å². The molecule has 0 aliphatic rings. The summed E-state index contributed by atoms with van der Waals surface area (Å²) < 4.78 is 31.2. The Balaban J connectivity index is 3.42. The van der Waals surface area contributed by atoms with Crippen LogP contribution >= 0.6 is 0 Å².